The monoisotopic (exact) mass is 677 g/mol. The Labute approximate surface area is 291 Å². The van der Waals surface area contributed by atoms with Gasteiger partial charge in [0, 0.05) is 12.8 Å². The normalized spacial score (nSPS) is 12.9. The highest BCUT2D eigenvalue weighted by Gasteiger charge is 2.18. The van der Waals surface area contributed by atoms with Gasteiger partial charge in [-0.2, -0.15) is 0 Å². The summed E-state index contributed by atoms with van der Waals surface area (Å²) in [5, 5.41) is 22.4. The van der Waals surface area contributed by atoms with Crippen molar-refractivity contribution in [1.82, 2.24) is 10.6 Å². The molecule has 0 saturated heterocycles. The van der Waals surface area contributed by atoms with E-state index < -0.39 is 24.5 Å². The molecule has 0 aromatic carbocycles. The molecule has 0 aliphatic heterocycles. The maximum absolute atomic E-state index is 12.5. The summed E-state index contributed by atoms with van der Waals surface area (Å²) in [6.45, 7) is 3.30. The molecule has 0 heterocycles. The van der Waals surface area contributed by atoms with Crippen molar-refractivity contribution in [3.8, 4) is 0 Å². The van der Waals surface area contributed by atoms with Crippen molar-refractivity contribution >= 4 is 23.8 Å². The third-order valence-corrected chi connectivity index (χ3v) is 8.07. The van der Waals surface area contributed by atoms with Gasteiger partial charge < -0.3 is 25.6 Å². The molecule has 2 amide bonds. The number of carbonyl (C=O) groups is 4. The van der Waals surface area contributed by atoms with Crippen LogP contribution in [0.2, 0.25) is 0 Å². The fourth-order valence-electron chi connectivity index (χ4n) is 5.13. The third kappa shape index (κ3) is 30.4. The molecular formula is C39H68N2O7. The zero-order valence-electron chi connectivity index (χ0n) is 30.2. The summed E-state index contributed by atoms with van der Waals surface area (Å²) in [6, 6.07) is -1.39. The zero-order valence-corrected chi connectivity index (χ0v) is 30.2. The first-order chi connectivity index (χ1) is 23.3. The molecule has 0 aliphatic carbocycles. The second-order valence-corrected chi connectivity index (χ2v) is 12.7. The Balaban J connectivity index is 3.96. The lowest BCUT2D eigenvalue weighted by Gasteiger charge is -2.15. The van der Waals surface area contributed by atoms with E-state index in [1.807, 2.05) is 6.08 Å². The van der Waals surface area contributed by atoms with Gasteiger partial charge in [0.05, 0.1) is 13.2 Å². The highest BCUT2D eigenvalue weighted by Crippen LogP contribution is 2.15. The quantitative estimate of drug-likeness (QED) is 0.0311. The average Bonchev–Trinajstić information content (AvgIpc) is 3.07. The van der Waals surface area contributed by atoms with E-state index in [0.717, 1.165) is 70.6 Å². The second-order valence-electron chi connectivity index (χ2n) is 12.7. The van der Waals surface area contributed by atoms with Gasteiger partial charge in [0.15, 0.2) is 0 Å². The van der Waals surface area contributed by atoms with Crippen LogP contribution in [0.4, 0.5) is 0 Å². The van der Waals surface area contributed by atoms with Crippen molar-refractivity contribution in [2.75, 3.05) is 13.2 Å². The number of aliphatic hydroxyl groups excluding tert-OH is 1. The lowest BCUT2D eigenvalue weighted by molar-refractivity contribution is -0.147. The van der Waals surface area contributed by atoms with Gasteiger partial charge in [-0.15, -0.1) is 0 Å². The number of hydrogen-bond donors (Lipinski definition) is 4. The predicted molar refractivity (Wildman–Crippen MR) is 195 cm³/mol. The molecule has 0 bridgehead atoms. The van der Waals surface area contributed by atoms with Crippen molar-refractivity contribution in [2.45, 2.75) is 174 Å². The highest BCUT2D eigenvalue weighted by molar-refractivity contribution is 5.87. The minimum absolute atomic E-state index is 0.131. The van der Waals surface area contributed by atoms with Gasteiger partial charge in [-0.25, -0.2) is 4.79 Å². The van der Waals surface area contributed by atoms with E-state index in [2.05, 4.69) is 54.9 Å². The van der Waals surface area contributed by atoms with Crippen LogP contribution in [0.3, 0.4) is 0 Å². The molecule has 0 rings (SSSR count). The highest BCUT2D eigenvalue weighted by atomic mass is 16.5. The smallest absolute Gasteiger partial charge is 0.328 e. The molecule has 2 atom stereocenters. The fraction of sp³-hybridized carbons (Fsp3) is 0.744. The molecule has 0 fully saturated rings. The van der Waals surface area contributed by atoms with Crippen LogP contribution in [0.25, 0.3) is 0 Å². The number of hydrogen-bond acceptors (Lipinski definition) is 6. The number of nitrogens with one attached hydrogen (secondary N) is 2. The van der Waals surface area contributed by atoms with E-state index in [1.165, 1.54) is 57.8 Å². The van der Waals surface area contributed by atoms with Crippen LogP contribution in [-0.4, -0.2) is 59.3 Å². The maximum Gasteiger partial charge on any atom is 0.328 e. The predicted octanol–water partition coefficient (Wildman–Crippen LogP) is 8.26. The number of allylic oxidation sites excluding steroid dienone is 5. The summed E-state index contributed by atoms with van der Waals surface area (Å²) < 4.78 is 5.79. The number of aliphatic carboxylic acids is 1. The number of carboxylic acid groups (broad SMARTS) is 1. The minimum Gasteiger partial charge on any atom is -0.480 e. The molecule has 0 aliphatic rings. The van der Waals surface area contributed by atoms with Crippen LogP contribution in [-0.2, 0) is 23.9 Å². The van der Waals surface area contributed by atoms with Gasteiger partial charge in [0.1, 0.15) is 12.1 Å². The number of carboxylic acids is 1. The number of carbonyl (C=O) groups excluding carboxylic acids is 3. The molecular weight excluding hydrogens is 608 g/mol. The Hall–Kier alpha value is -2.94. The Morgan fingerprint density at radius 1 is 0.646 bits per heavy atom. The van der Waals surface area contributed by atoms with E-state index in [-0.39, 0.29) is 30.9 Å². The Morgan fingerprint density at radius 2 is 1.23 bits per heavy atom. The molecule has 0 radical (unpaired) electrons. The average molecular weight is 677 g/mol. The molecule has 4 N–H and O–H groups in total. The molecule has 48 heavy (non-hydrogen) atoms. The number of ether oxygens (including phenoxy) is 1. The maximum atomic E-state index is 12.5. The molecule has 0 aromatic rings. The molecule has 9 heteroatoms. The van der Waals surface area contributed by atoms with Crippen LogP contribution in [0.1, 0.15) is 162 Å². The first-order valence-corrected chi connectivity index (χ1v) is 18.9. The number of unbranched alkanes of at least 4 members (excludes halogenated alkanes) is 15. The first kappa shape index (κ1) is 45.1. The van der Waals surface area contributed by atoms with Gasteiger partial charge in [0.2, 0.25) is 11.8 Å². The SMILES string of the molecule is CCC/C=C\C(CCCCCCC(=O)NCC(=O)NC(CO)C(=O)O)OC(=O)CCCCCCCCC/C=C\C/C=C\CCCCCC. The third-order valence-electron chi connectivity index (χ3n) is 8.07. The first-order valence-electron chi connectivity index (χ1n) is 18.9. The molecule has 0 aromatic heterocycles. The summed E-state index contributed by atoms with van der Waals surface area (Å²) in [4.78, 5) is 47.1. The zero-order chi connectivity index (χ0) is 35.5. The summed E-state index contributed by atoms with van der Waals surface area (Å²) >= 11 is 0. The van der Waals surface area contributed by atoms with Gasteiger partial charge in [-0.1, -0.05) is 115 Å². The van der Waals surface area contributed by atoms with Gasteiger partial charge in [-0.3, -0.25) is 14.4 Å². The van der Waals surface area contributed by atoms with Gasteiger partial charge in [-0.05, 0) is 70.3 Å². The molecule has 0 spiro atoms. The van der Waals surface area contributed by atoms with Crippen molar-refractivity contribution in [3.05, 3.63) is 36.5 Å². The van der Waals surface area contributed by atoms with Crippen LogP contribution in [0, 0.1) is 0 Å². The van der Waals surface area contributed by atoms with Crippen LogP contribution in [0.15, 0.2) is 36.5 Å². The van der Waals surface area contributed by atoms with Crippen molar-refractivity contribution < 1.29 is 34.1 Å². The molecule has 276 valence electrons. The van der Waals surface area contributed by atoms with Crippen LogP contribution < -0.4 is 10.6 Å². The Bertz CT molecular complexity index is 916. The fourth-order valence-corrected chi connectivity index (χ4v) is 5.13. The number of aliphatic hydroxyl groups is 1. The summed E-state index contributed by atoms with van der Waals surface area (Å²) in [5.74, 6) is -2.43. The molecule has 2 unspecified atom stereocenters. The number of esters is 1. The van der Waals surface area contributed by atoms with Crippen molar-refractivity contribution in [3.63, 3.8) is 0 Å². The van der Waals surface area contributed by atoms with Crippen LogP contribution >= 0.6 is 0 Å². The standard InChI is InChI=1S/C39H68N2O7/c1-3-5-7-8-9-10-11-12-13-14-15-16-17-18-19-20-21-27-31-38(45)48-34(28-24-6-4-2)29-25-22-23-26-30-36(43)40-32-37(44)41-35(33-42)39(46)47/h10-11,13-14,24,28,34-35,42H,3-9,12,15-23,25-27,29-33H2,1-2H3,(H,40,43)(H,41,44)(H,46,47)/b11-10-,14-13-,28-24-. The largest absolute Gasteiger partial charge is 0.480 e. The topological polar surface area (TPSA) is 142 Å². The summed E-state index contributed by atoms with van der Waals surface area (Å²) in [7, 11) is 0. The van der Waals surface area contributed by atoms with E-state index in [4.69, 9.17) is 14.9 Å². The van der Waals surface area contributed by atoms with Crippen molar-refractivity contribution in [2.24, 2.45) is 0 Å². The molecule has 9 nitrogen and oxygen atoms in total. The molecule has 0 saturated carbocycles. The summed E-state index contributed by atoms with van der Waals surface area (Å²) in [5.41, 5.74) is 0. The van der Waals surface area contributed by atoms with Gasteiger partial charge >= 0.3 is 11.9 Å². The Kier molecular flexibility index (Phi) is 31.9. The van der Waals surface area contributed by atoms with Gasteiger partial charge in [0.25, 0.3) is 0 Å². The number of amides is 2. The van der Waals surface area contributed by atoms with Crippen LogP contribution in [0.5, 0.6) is 0 Å². The second kappa shape index (κ2) is 33.9. The summed E-state index contributed by atoms with van der Waals surface area (Å²) in [6.07, 6.45) is 36.6. The Morgan fingerprint density at radius 3 is 1.83 bits per heavy atom. The van der Waals surface area contributed by atoms with E-state index in [0.29, 0.717) is 12.8 Å². The van der Waals surface area contributed by atoms with Crippen molar-refractivity contribution in [1.29, 1.82) is 0 Å². The van der Waals surface area contributed by atoms with E-state index in [1.54, 1.807) is 0 Å². The number of rotatable bonds is 33. The lowest BCUT2D eigenvalue weighted by Crippen LogP contribution is -2.47. The lowest BCUT2D eigenvalue weighted by atomic mass is 10.1. The van der Waals surface area contributed by atoms with E-state index in [9.17, 15) is 19.2 Å². The van der Waals surface area contributed by atoms with E-state index >= 15 is 0 Å². The minimum atomic E-state index is -1.39.